The van der Waals surface area contributed by atoms with Crippen molar-refractivity contribution in [2.24, 2.45) is 0 Å². The molecule has 1 aliphatic rings. The number of benzene rings is 1. The molecule has 0 saturated heterocycles. The van der Waals surface area contributed by atoms with Gasteiger partial charge in [0.25, 0.3) is 0 Å². The van der Waals surface area contributed by atoms with Crippen LogP contribution in [-0.2, 0) is 21.2 Å². The number of carbonyl (C=O) groups excluding carboxylic acids is 1. The van der Waals surface area contributed by atoms with Crippen molar-refractivity contribution in [2.45, 2.75) is 25.4 Å². The average Bonchev–Trinajstić information content (AvgIpc) is 3.26. The summed E-state index contributed by atoms with van der Waals surface area (Å²) in [4.78, 5) is 14.2. The molecule has 0 atom stereocenters. The first-order valence-electron chi connectivity index (χ1n) is 7.85. The maximum absolute atomic E-state index is 12.5. The molecule has 7 nitrogen and oxygen atoms in total. The van der Waals surface area contributed by atoms with E-state index in [1.54, 1.807) is 11.1 Å². The highest BCUT2D eigenvalue weighted by molar-refractivity contribution is 7.90. The largest absolute Gasteiger partial charge is 0.337 e. The van der Waals surface area contributed by atoms with E-state index in [4.69, 9.17) is 0 Å². The van der Waals surface area contributed by atoms with Crippen molar-refractivity contribution in [1.29, 1.82) is 0 Å². The van der Waals surface area contributed by atoms with E-state index in [9.17, 15) is 13.2 Å². The van der Waals surface area contributed by atoms with E-state index in [1.807, 2.05) is 30.3 Å². The molecule has 0 spiro atoms. The lowest BCUT2D eigenvalue weighted by Crippen LogP contribution is -2.39. The molecular formula is C16H20N4O3S. The number of hydrogen-bond donors (Lipinski definition) is 0. The lowest BCUT2D eigenvalue weighted by atomic mass is 10.2. The summed E-state index contributed by atoms with van der Waals surface area (Å²) in [5.41, 5.74) is 1.64. The predicted octanol–water partition coefficient (Wildman–Crippen LogP) is 0.981. The van der Waals surface area contributed by atoms with E-state index in [0.717, 1.165) is 18.4 Å². The summed E-state index contributed by atoms with van der Waals surface area (Å²) < 4.78 is 24.2. The molecule has 128 valence electrons. The van der Waals surface area contributed by atoms with Gasteiger partial charge in [0.15, 0.2) is 0 Å². The van der Waals surface area contributed by atoms with Crippen LogP contribution < -0.4 is 0 Å². The summed E-state index contributed by atoms with van der Waals surface area (Å²) in [5, 5.41) is 8.10. The molecule has 0 aliphatic heterocycles. The maximum atomic E-state index is 12.5. The SMILES string of the molecule is CS(=O)(=O)CCN(C(=O)Cn1cc(-c2ccccc2)nn1)C1CC1. The van der Waals surface area contributed by atoms with Gasteiger partial charge in [-0.3, -0.25) is 4.79 Å². The zero-order valence-corrected chi connectivity index (χ0v) is 14.3. The molecule has 3 rings (SSSR count). The van der Waals surface area contributed by atoms with Crippen LogP contribution in [0.25, 0.3) is 11.3 Å². The van der Waals surface area contributed by atoms with Crippen molar-refractivity contribution >= 4 is 15.7 Å². The molecule has 1 fully saturated rings. The van der Waals surface area contributed by atoms with Crippen LogP contribution in [0.15, 0.2) is 36.5 Å². The summed E-state index contributed by atoms with van der Waals surface area (Å²) in [5.74, 6) is -0.132. The van der Waals surface area contributed by atoms with Gasteiger partial charge in [0, 0.05) is 24.4 Å². The normalized spacial score (nSPS) is 14.5. The van der Waals surface area contributed by atoms with Crippen LogP contribution in [0.5, 0.6) is 0 Å². The second-order valence-corrected chi connectivity index (χ2v) is 8.38. The quantitative estimate of drug-likeness (QED) is 0.745. The molecule has 0 bridgehead atoms. The highest BCUT2D eigenvalue weighted by atomic mass is 32.2. The van der Waals surface area contributed by atoms with Crippen molar-refractivity contribution in [3.8, 4) is 11.3 Å². The molecule has 1 amide bonds. The smallest absolute Gasteiger partial charge is 0.244 e. The van der Waals surface area contributed by atoms with Crippen LogP contribution in [0.2, 0.25) is 0 Å². The molecular weight excluding hydrogens is 328 g/mol. The van der Waals surface area contributed by atoms with Crippen LogP contribution in [-0.4, -0.2) is 58.8 Å². The number of carbonyl (C=O) groups is 1. The average molecular weight is 348 g/mol. The van der Waals surface area contributed by atoms with Crippen molar-refractivity contribution in [3.63, 3.8) is 0 Å². The Labute approximate surface area is 141 Å². The number of rotatable bonds is 7. The van der Waals surface area contributed by atoms with Crippen molar-refractivity contribution < 1.29 is 13.2 Å². The van der Waals surface area contributed by atoms with Gasteiger partial charge in [-0.2, -0.15) is 0 Å². The third-order valence-corrected chi connectivity index (χ3v) is 4.84. The van der Waals surface area contributed by atoms with Crippen molar-refractivity contribution in [2.75, 3.05) is 18.6 Å². The fourth-order valence-electron chi connectivity index (χ4n) is 2.51. The van der Waals surface area contributed by atoms with E-state index in [2.05, 4.69) is 10.3 Å². The number of sulfone groups is 1. The second kappa shape index (κ2) is 6.72. The molecule has 0 radical (unpaired) electrons. The minimum Gasteiger partial charge on any atom is -0.337 e. The Balaban J connectivity index is 1.66. The molecule has 1 aromatic heterocycles. The Bertz CT molecular complexity index is 813. The number of hydrogen-bond acceptors (Lipinski definition) is 5. The third-order valence-electron chi connectivity index (χ3n) is 3.92. The number of nitrogens with zero attached hydrogens (tertiary/aromatic N) is 4. The molecule has 0 N–H and O–H groups in total. The third kappa shape index (κ3) is 4.41. The minimum atomic E-state index is -3.09. The molecule has 0 unspecified atom stereocenters. The van der Waals surface area contributed by atoms with Gasteiger partial charge in [-0.05, 0) is 12.8 Å². The van der Waals surface area contributed by atoms with Gasteiger partial charge >= 0.3 is 0 Å². The second-order valence-electron chi connectivity index (χ2n) is 6.12. The van der Waals surface area contributed by atoms with Gasteiger partial charge in [0.2, 0.25) is 5.91 Å². The monoisotopic (exact) mass is 348 g/mol. The van der Waals surface area contributed by atoms with Crippen LogP contribution in [0.1, 0.15) is 12.8 Å². The summed E-state index contributed by atoms with van der Waals surface area (Å²) in [6, 6.07) is 9.78. The summed E-state index contributed by atoms with van der Waals surface area (Å²) in [7, 11) is -3.09. The van der Waals surface area contributed by atoms with Crippen LogP contribution in [0.3, 0.4) is 0 Å². The maximum Gasteiger partial charge on any atom is 0.244 e. The molecule has 1 aliphatic carbocycles. The van der Waals surface area contributed by atoms with E-state index in [0.29, 0.717) is 5.69 Å². The van der Waals surface area contributed by atoms with Crippen LogP contribution >= 0.6 is 0 Å². The number of amides is 1. The molecule has 1 saturated carbocycles. The first-order valence-corrected chi connectivity index (χ1v) is 9.91. The van der Waals surface area contributed by atoms with E-state index < -0.39 is 9.84 Å². The Kier molecular flexibility index (Phi) is 4.66. The Hall–Kier alpha value is -2.22. The van der Waals surface area contributed by atoms with Gasteiger partial charge in [0.1, 0.15) is 22.1 Å². The van der Waals surface area contributed by atoms with Gasteiger partial charge in [-0.15, -0.1) is 5.10 Å². The van der Waals surface area contributed by atoms with E-state index in [1.165, 1.54) is 10.9 Å². The van der Waals surface area contributed by atoms with Crippen molar-refractivity contribution in [3.05, 3.63) is 36.5 Å². The van der Waals surface area contributed by atoms with Gasteiger partial charge in [0.05, 0.1) is 11.9 Å². The minimum absolute atomic E-state index is 0.0120. The summed E-state index contributed by atoms with van der Waals surface area (Å²) >= 11 is 0. The fourth-order valence-corrected chi connectivity index (χ4v) is 3.04. The zero-order chi connectivity index (χ0) is 17.2. The topological polar surface area (TPSA) is 85.2 Å². The molecule has 8 heteroatoms. The predicted molar refractivity (Wildman–Crippen MR) is 89.9 cm³/mol. The molecule has 24 heavy (non-hydrogen) atoms. The Morgan fingerprint density at radius 3 is 2.62 bits per heavy atom. The fraction of sp³-hybridized carbons (Fsp3) is 0.438. The lowest BCUT2D eigenvalue weighted by molar-refractivity contribution is -0.132. The standard InChI is InChI=1S/C16H20N4O3S/c1-24(22,23)10-9-20(14-7-8-14)16(21)12-19-11-15(17-18-19)13-5-3-2-4-6-13/h2-6,11,14H,7-10,12H2,1H3. The molecule has 2 aromatic rings. The Morgan fingerprint density at radius 2 is 2.00 bits per heavy atom. The van der Waals surface area contributed by atoms with E-state index in [-0.39, 0.29) is 30.8 Å². The molecule has 1 aromatic carbocycles. The van der Waals surface area contributed by atoms with Crippen LogP contribution in [0.4, 0.5) is 0 Å². The zero-order valence-electron chi connectivity index (χ0n) is 13.5. The van der Waals surface area contributed by atoms with Gasteiger partial charge < -0.3 is 4.90 Å². The number of aromatic nitrogens is 3. The first-order chi connectivity index (χ1) is 11.4. The van der Waals surface area contributed by atoms with Crippen LogP contribution in [0, 0.1) is 0 Å². The van der Waals surface area contributed by atoms with Gasteiger partial charge in [-0.1, -0.05) is 35.5 Å². The highest BCUT2D eigenvalue weighted by Gasteiger charge is 2.33. The first kappa shape index (κ1) is 16.6. The van der Waals surface area contributed by atoms with E-state index >= 15 is 0 Å². The van der Waals surface area contributed by atoms with Gasteiger partial charge in [-0.25, -0.2) is 13.1 Å². The van der Waals surface area contributed by atoms with Crippen molar-refractivity contribution in [1.82, 2.24) is 19.9 Å². The Morgan fingerprint density at radius 1 is 1.29 bits per heavy atom. The lowest BCUT2D eigenvalue weighted by Gasteiger charge is -2.21. The summed E-state index contributed by atoms with van der Waals surface area (Å²) in [6.07, 6.45) is 4.78. The molecule has 1 heterocycles. The summed E-state index contributed by atoms with van der Waals surface area (Å²) in [6.45, 7) is 0.308. The highest BCUT2D eigenvalue weighted by Crippen LogP contribution is 2.27.